The first-order chi connectivity index (χ1) is 10.7. The first kappa shape index (κ1) is 18.6. The first-order valence-corrected chi connectivity index (χ1v) is 8.82. The smallest absolute Gasteiger partial charge is 0.233 e. The zero-order valence-corrected chi connectivity index (χ0v) is 15.1. The van der Waals surface area contributed by atoms with Gasteiger partial charge in [0.1, 0.15) is 0 Å². The number of carbonyl (C=O) groups excluding carboxylic acids is 1. The van der Waals surface area contributed by atoms with Crippen molar-refractivity contribution in [1.82, 2.24) is 10.6 Å². The van der Waals surface area contributed by atoms with Crippen molar-refractivity contribution in [2.75, 3.05) is 33.4 Å². The van der Waals surface area contributed by atoms with E-state index >= 15 is 0 Å². The van der Waals surface area contributed by atoms with Gasteiger partial charge in [0, 0.05) is 24.0 Å². The monoisotopic (exact) mass is 356 g/mol. The van der Waals surface area contributed by atoms with Crippen LogP contribution in [0.25, 0.3) is 0 Å². The lowest BCUT2D eigenvalue weighted by molar-refractivity contribution is -0.121. The molecule has 1 fully saturated rings. The number of fused-ring (bicyclic) bond motifs is 1. The van der Waals surface area contributed by atoms with Crippen molar-refractivity contribution < 1.29 is 9.53 Å². The van der Waals surface area contributed by atoms with Crippen LogP contribution >= 0.6 is 24.2 Å². The van der Waals surface area contributed by atoms with Crippen LogP contribution in [0.1, 0.15) is 18.4 Å². The summed E-state index contributed by atoms with van der Waals surface area (Å²) in [5, 5.41) is 6.58. The molecule has 0 saturated carbocycles. The summed E-state index contributed by atoms with van der Waals surface area (Å²) in [7, 11) is 1.75. The Hall–Kier alpha value is -0.750. The Balaban J connectivity index is 0.00000192. The molecule has 1 aromatic carbocycles. The molecule has 1 aromatic rings. The highest BCUT2D eigenvalue weighted by Crippen LogP contribution is 2.37. The Bertz CT molecular complexity index is 505. The molecule has 2 aliphatic rings. The molecule has 1 amide bonds. The lowest BCUT2D eigenvalue weighted by Crippen LogP contribution is -2.48. The summed E-state index contributed by atoms with van der Waals surface area (Å²) in [5.41, 5.74) is 1.38. The summed E-state index contributed by atoms with van der Waals surface area (Å²) < 4.78 is 5.41. The van der Waals surface area contributed by atoms with Gasteiger partial charge in [0.2, 0.25) is 5.91 Å². The number of ether oxygens (including phenoxy) is 1. The number of hydrogen-bond acceptors (Lipinski definition) is 4. The Morgan fingerprint density at radius 2 is 2.13 bits per heavy atom. The Labute approximate surface area is 148 Å². The van der Waals surface area contributed by atoms with Gasteiger partial charge in [0.05, 0.1) is 11.9 Å². The molecule has 1 unspecified atom stereocenters. The van der Waals surface area contributed by atoms with Crippen LogP contribution in [0, 0.1) is 5.41 Å². The molecule has 128 valence electrons. The molecule has 2 aliphatic heterocycles. The molecular weight excluding hydrogens is 332 g/mol. The van der Waals surface area contributed by atoms with Crippen molar-refractivity contribution in [2.24, 2.45) is 5.41 Å². The van der Waals surface area contributed by atoms with Gasteiger partial charge in [-0.15, -0.1) is 24.2 Å². The van der Waals surface area contributed by atoms with Gasteiger partial charge in [-0.05, 0) is 44.0 Å². The van der Waals surface area contributed by atoms with Gasteiger partial charge in [0.15, 0.2) is 0 Å². The lowest BCUT2D eigenvalue weighted by atomic mass is 9.79. The van der Waals surface area contributed by atoms with Gasteiger partial charge in [-0.3, -0.25) is 4.79 Å². The molecule has 2 N–H and O–H groups in total. The molecule has 23 heavy (non-hydrogen) atoms. The maximum absolute atomic E-state index is 12.5. The van der Waals surface area contributed by atoms with Crippen LogP contribution in [0.5, 0.6) is 0 Å². The maximum atomic E-state index is 12.5. The third-order valence-corrected chi connectivity index (χ3v) is 6.01. The summed E-state index contributed by atoms with van der Waals surface area (Å²) in [6, 6.07) is 8.30. The molecule has 3 rings (SSSR count). The number of nitrogens with one attached hydrogen (secondary N) is 2. The van der Waals surface area contributed by atoms with E-state index in [4.69, 9.17) is 4.74 Å². The lowest BCUT2D eigenvalue weighted by Gasteiger charge is -2.37. The second-order valence-corrected chi connectivity index (χ2v) is 7.56. The summed E-state index contributed by atoms with van der Waals surface area (Å²) in [4.78, 5) is 13.8. The van der Waals surface area contributed by atoms with E-state index < -0.39 is 0 Å². The predicted molar refractivity (Wildman–Crippen MR) is 96.5 cm³/mol. The average molecular weight is 357 g/mol. The summed E-state index contributed by atoms with van der Waals surface area (Å²) in [6.07, 6.45) is 2.95. The van der Waals surface area contributed by atoms with Crippen LogP contribution in [0.4, 0.5) is 0 Å². The van der Waals surface area contributed by atoms with Crippen LogP contribution in [0.15, 0.2) is 29.2 Å². The number of halogens is 1. The van der Waals surface area contributed by atoms with Crippen molar-refractivity contribution in [3.8, 4) is 0 Å². The molecule has 0 bridgehead atoms. The number of amides is 1. The summed E-state index contributed by atoms with van der Waals surface area (Å²) in [6.45, 7) is 3.44. The number of piperidine rings is 1. The third-order valence-electron chi connectivity index (χ3n) is 4.69. The molecule has 6 heteroatoms. The molecule has 1 atom stereocenters. The predicted octanol–water partition coefficient (Wildman–Crippen LogP) is 2.26. The second-order valence-electron chi connectivity index (χ2n) is 6.32. The number of hydrogen-bond donors (Lipinski definition) is 2. The number of methoxy groups -OCH3 is 1. The van der Waals surface area contributed by atoms with Crippen molar-refractivity contribution in [3.05, 3.63) is 29.8 Å². The van der Waals surface area contributed by atoms with E-state index in [1.54, 1.807) is 18.9 Å². The van der Waals surface area contributed by atoms with Gasteiger partial charge < -0.3 is 15.4 Å². The molecular formula is C17H25ClN2O2S. The minimum Gasteiger partial charge on any atom is -0.384 e. The quantitative estimate of drug-likeness (QED) is 0.849. The van der Waals surface area contributed by atoms with Crippen LogP contribution in [-0.2, 0) is 16.0 Å². The summed E-state index contributed by atoms with van der Waals surface area (Å²) >= 11 is 1.69. The van der Waals surface area contributed by atoms with E-state index in [-0.39, 0.29) is 29.0 Å². The molecule has 4 nitrogen and oxygen atoms in total. The van der Waals surface area contributed by atoms with Gasteiger partial charge >= 0.3 is 0 Å². The minimum absolute atomic E-state index is 0. The van der Waals surface area contributed by atoms with Crippen LogP contribution < -0.4 is 10.6 Å². The van der Waals surface area contributed by atoms with Crippen LogP contribution in [0.3, 0.4) is 0 Å². The standard InChI is InChI=1S/C17H24N2O2S.ClH/c1-21-12-17(6-8-18-9-7-17)11-19-16(20)15-10-13-4-2-3-5-14(13)22-15;/h2-5,15,18H,6-12H2,1H3,(H,19,20);1H. The second kappa shape index (κ2) is 8.38. The van der Waals surface area contributed by atoms with Gasteiger partial charge in [-0.2, -0.15) is 0 Å². The largest absolute Gasteiger partial charge is 0.384 e. The number of carbonyl (C=O) groups is 1. The fourth-order valence-corrected chi connectivity index (χ4v) is 4.57. The van der Waals surface area contributed by atoms with E-state index in [1.165, 1.54) is 10.5 Å². The number of benzene rings is 1. The molecule has 0 radical (unpaired) electrons. The van der Waals surface area contributed by atoms with Gasteiger partial charge in [-0.25, -0.2) is 0 Å². The van der Waals surface area contributed by atoms with E-state index in [2.05, 4.69) is 22.8 Å². The third kappa shape index (κ3) is 4.41. The Morgan fingerprint density at radius 1 is 1.39 bits per heavy atom. The van der Waals surface area contributed by atoms with Crippen molar-refractivity contribution in [2.45, 2.75) is 29.4 Å². The topological polar surface area (TPSA) is 50.4 Å². The number of thioether (sulfide) groups is 1. The van der Waals surface area contributed by atoms with E-state index in [0.717, 1.165) is 38.9 Å². The molecule has 0 aromatic heterocycles. The van der Waals surface area contributed by atoms with E-state index in [0.29, 0.717) is 6.61 Å². The zero-order chi connectivity index (χ0) is 15.4. The van der Waals surface area contributed by atoms with Crippen LogP contribution in [-0.4, -0.2) is 44.5 Å². The average Bonchev–Trinajstić information content (AvgIpc) is 2.98. The van der Waals surface area contributed by atoms with Crippen molar-refractivity contribution >= 4 is 30.1 Å². The fourth-order valence-electron chi connectivity index (χ4n) is 3.35. The van der Waals surface area contributed by atoms with Crippen molar-refractivity contribution in [1.29, 1.82) is 0 Å². The highest BCUT2D eigenvalue weighted by molar-refractivity contribution is 8.01. The van der Waals surface area contributed by atoms with E-state index in [9.17, 15) is 4.79 Å². The van der Waals surface area contributed by atoms with Gasteiger partial charge in [-0.1, -0.05) is 18.2 Å². The minimum atomic E-state index is 0. The highest BCUT2D eigenvalue weighted by atomic mass is 35.5. The van der Waals surface area contributed by atoms with Crippen LogP contribution in [0.2, 0.25) is 0 Å². The number of rotatable bonds is 5. The molecule has 1 saturated heterocycles. The SMILES string of the molecule is COCC1(CNC(=O)C2Cc3ccccc3S2)CCNCC1.Cl. The molecule has 0 spiro atoms. The maximum Gasteiger partial charge on any atom is 0.233 e. The Kier molecular flexibility index (Phi) is 6.77. The molecule has 0 aliphatic carbocycles. The first-order valence-electron chi connectivity index (χ1n) is 7.94. The highest BCUT2D eigenvalue weighted by Gasteiger charge is 2.34. The normalized spacial score (nSPS) is 22.0. The molecule has 2 heterocycles. The fraction of sp³-hybridized carbons (Fsp3) is 0.588. The van der Waals surface area contributed by atoms with E-state index in [1.807, 2.05) is 12.1 Å². The van der Waals surface area contributed by atoms with Gasteiger partial charge in [0.25, 0.3) is 0 Å². The Morgan fingerprint density at radius 3 is 2.83 bits per heavy atom. The summed E-state index contributed by atoms with van der Waals surface area (Å²) in [5.74, 6) is 0.162. The van der Waals surface area contributed by atoms with Crippen molar-refractivity contribution in [3.63, 3.8) is 0 Å². The zero-order valence-electron chi connectivity index (χ0n) is 13.5.